The molecule has 0 aromatic carbocycles. The zero-order chi connectivity index (χ0) is 12.0. The van der Waals surface area contributed by atoms with Crippen molar-refractivity contribution in [3.63, 3.8) is 0 Å². The number of nitrogens with zero attached hydrogens (tertiary/aromatic N) is 1. The van der Waals surface area contributed by atoms with Crippen LogP contribution in [0.4, 0.5) is 0 Å². The highest BCUT2D eigenvalue weighted by Crippen LogP contribution is 2.13. The third kappa shape index (κ3) is 4.58. The largest absolute Gasteiger partial charge is 0.469 e. The second kappa shape index (κ2) is 6.97. The molecule has 0 saturated carbocycles. The number of hydrogen-bond acceptors (Lipinski definition) is 2. The van der Waals surface area contributed by atoms with Crippen molar-refractivity contribution in [2.24, 2.45) is 5.92 Å². The molecule has 0 aliphatic rings. The topological polar surface area (TPSA) is 16.4 Å². The molecule has 0 aliphatic heterocycles. The van der Waals surface area contributed by atoms with Crippen molar-refractivity contribution in [1.82, 2.24) is 4.90 Å². The summed E-state index contributed by atoms with van der Waals surface area (Å²) in [7, 11) is 2.15. The minimum absolute atomic E-state index is 0.713. The summed E-state index contributed by atoms with van der Waals surface area (Å²) in [6, 6.07) is 2.05. The van der Waals surface area contributed by atoms with Crippen LogP contribution in [0, 0.1) is 12.8 Å². The molecule has 1 atom stereocenters. The first-order chi connectivity index (χ1) is 7.63. The molecule has 16 heavy (non-hydrogen) atoms. The third-order valence-electron chi connectivity index (χ3n) is 3.01. The van der Waals surface area contributed by atoms with Crippen LogP contribution in [0.15, 0.2) is 16.7 Å². The lowest BCUT2D eigenvalue weighted by molar-refractivity contribution is 0.295. The van der Waals surface area contributed by atoms with E-state index in [1.807, 2.05) is 13.0 Å². The molecule has 0 amide bonds. The third-order valence-corrected chi connectivity index (χ3v) is 3.23. The molecular weight excluding hydrogens is 222 g/mol. The molecule has 2 nitrogen and oxygen atoms in total. The molecule has 3 heteroatoms. The van der Waals surface area contributed by atoms with Gasteiger partial charge in [0.25, 0.3) is 0 Å². The number of rotatable bonds is 7. The summed E-state index contributed by atoms with van der Waals surface area (Å²) in [5.74, 6) is 2.51. The lowest BCUT2D eigenvalue weighted by atomic mass is 10.1. The van der Waals surface area contributed by atoms with Crippen molar-refractivity contribution < 1.29 is 4.42 Å². The van der Waals surface area contributed by atoms with E-state index in [0.717, 1.165) is 31.2 Å². The summed E-state index contributed by atoms with van der Waals surface area (Å²) < 4.78 is 5.29. The van der Waals surface area contributed by atoms with Crippen LogP contribution in [0.5, 0.6) is 0 Å². The molecule has 1 heterocycles. The van der Waals surface area contributed by atoms with Gasteiger partial charge in [0.2, 0.25) is 0 Å². The number of aryl methyl sites for hydroxylation is 1. The van der Waals surface area contributed by atoms with Crippen molar-refractivity contribution in [2.75, 3.05) is 19.5 Å². The molecule has 0 radical (unpaired) electrons. The van der Waals surface area contributed by atoms with Gasteiger partial charge in [-0.3, -0.25) is 0 Å². The lowest BCUT2D eigenvalue weighted by Crippen LogP contribution is -2.21. The first-order valence-corrected chi connectivity index (χ1v) is 6.44. The van der Waals surface area contributed by atoms with E-state index >= 15 is 0 Å². The molecule has 1 rings (SSSR count). The molecule has 0 saturated heterocycles. The Bertz CT molecular complexity index is 298. The smallest absolute Gasteiger partial charge is 0.105 e. The van der Waals surface area contributed by atoms with Crippen LogP contribution < -0.4 is 0 Å². The second-order valence-electron chi connectivity index (χ2n) is 4.61. The Kier molecular flexibility index (Phi) is 5.93. The zero-order valence-corrected chi connectivity index (χ0v) is 11.3. The molecule has 1 unspecified atom stereocenters. The Hall–Kier alpha value is -0.470. The molecule has 0 bridgehead atoms. The second-order valence-corrected chi connectivity index (χ2v) is 4.99. The van der Waals surface area contributed by atoms with Gasteiger partial charge in [-0.15, -0.1) is 11.6 Å². The van der Waals surface area contributed by atoms with Crippen LogP contribution in [0.1, 0.15) is 31.1 Å². The summed E-state index contributed by atoms with van der Waals surface area (Å²) in [5.41, 5.74) is 1.28. The van der Waals surface area contributed by atoms with Crippen molar-refractivity contribution in [2.45, 2.75) is 33.2 Å². The summed E-state index contributed by atoms with van der Waals surface area (Å²) in [4.78, 5) is 2.34. The Morgan fingerprint density at radius 1 is 1.44 bits per heavy atom. The highest BCUT2D eigenvalue weighted by Gasteiger charge is 2.07. The van der Waals surface area contributed by atoms with Crippen molar-refractivity contribution in [3.05, 3.63) is 23.7 Å². The number of halogens is 1. The molecule has 0 N–H and O–H groups in total. The number of hydrogen-bond donors (Lipinski definition) is 0. The van der Waals surface area contributed by atoms with Gasteiger partial charge in [-0.2, -0.15) is 0 Å². The Balaban J connectivity index is 2.26. The van der Waals surface area contributed by atoms with Gasteiger partial charge in [-0.1, -0.05) is 6.92 Å². The fourth-order valence-corrected chi connectivity index (χ4v) is 2.09. The fraction of sp³-hybridized carbons (Fsp3) is 0.692. The first-order valence-electron chi connectivity index (χ1n) is 5.91. The summed E-state index contributed by atoms with van der Waals surface area (Å²) in [6.45, 7) is 6.36. The fourth-order valence-electron chi connectivity index (χ4n) is 1.72. The van der Waals surface area contributed by atoms with Crippen LogP contribution >= 0.6 is 11.6 Å². The van der Waals surface area contributed by atoms with Crippen LogP contribution in [0.25, 0.3) is 0 Å². The van der Waals surface area contributed by atoms with Gasteiger partial charge in [0, 0.05) is 18.0 Å². The van der Waals surface area contributed by atoms with Crippen LogP contribution in [0.2, 0.25) is 0 Å². The molecule has 0 spiro atoms. The van der Waals surface area contributed by atoms with E-state index in [2.05, 4.69) is 18.9 Å². The van der Waals surface area contributed by atoms with Crippen LogP contribution in [0.3, 0.4) is 0 Å². The Morgan fingerprint density at radius 2 is 2.19 bits per heavy atom. The number of furan rings is 1. The Labute approximate surface area is 104 Å². The van der Waals surface area contributed by atoms with E-state index in [-0.39, 0.29) is 0 Å². The van der Waals surface area contributed by atoms with Gasteiger partial charge in [0.15, 0.2) is 0 Å². The maximum absolute atomic E-state index is 5.72. The standard InChI is InChI=1S/C13H22ClNO/c1-11(4-7-14)5-8-15(3)10-13-6-9-16-12(13)2/h6,9,11H,4-5,7-8,10H2,1-3H3. The van der Waals surface area contributed by atoms with Gasteiger partial charge < -0.3 is 9.32 Å². The molecule has 1 aromatic heterocycles. The highest BCUT2D eigenvalue weighted by atomic mass is 35.5. The van der Waals surface area contributed by atoms with Gasteiger partial charge in [-0.05, 0) is 45.3 Å². The average Bonchev–Trinajstić information content (AvgIpc) is 2.62. The van der Waals surface area contributed by atoms with Crippen LogP contribution in [-0.4, -0.2) is 24.4 Å². The quantitative estimate of drug-likeness (QED) is 0.680. The van der Waals surface area contributed by atoms with E-state index in [0.29, 0.717) is 5.92 Å². The van der Waals surface area contributed by atoms with Gasteiger partial charge in [0.05, 0.1) is 6.26 Å². The summed E-state index contributed by atoms with van der Waals surface area (Å²) in [6.07, 6.45) is 4.08. The lowest BCUT2D eigenvalue weighted by Gasteiger charge is -2.18. The van der Waals surface area contributed by atoms with E-state index in [4.69, 9.17) is 16.0 Å². The van der Waals surface area contributed by atoms with Crippen molar-refractivity contribution >= 4 is 11.6 Å². The van der Waals surface area contributed by atoms with Crippen LogP contribution in [-0.2, 0) is 6.54 Å². The molecule has 1 aromatic rings. The minimum atomic E-state index is 0.713. The van der Waals surface area contributed by atoms with E-state index in [1.54, 1.807) is 6.26 Å². The van der Waals surface area contributed by atoms with Crippen molar-refractivity contribution in [3.8, 4) is 0 Å². The maximum atomic E-state index is 5.72. The first kappa shape index (κ1) is 13.6. The predicted molar refractivity (Wildman–Crippen MR) is 68.9 cm³/mol. The predicted octanol–water partition coefficient (Wildman–Crippen LogP) is 3.67. The van der Waals surface area contributed by atoms with Gasteiger partial charge >= 0.3 is 0 Å². The van der Waals surface area contributed by atoms with E-state index < -0.39 is 0 Å². The highest BCUT2D eigenvalue weighted by molar-refractivity contribution is 6.17. The number of alkyl halides is 1. The van der Waals surface area contributed by atoms with Crippen molar-refractivity contribution in [1.29, 1.82) is 0 Å². The molecule has 0 fully saturated rings. The average molecular weight is 244 g/mol. The normalized spacial score (nSPS) is 13.3. The van der Waals surface area contributed by atoms with Gasteiger partial charge in [-0.25, -0.2) is 0 Å². The summed E-state index contributed by atoms with van der Waals surface area (Å²) >= 11 is 5.72. The van der Waals surface area contributed by atoms with E-state index in [9.17, 15) is 0 Å². The summed E-state index contributed by atoms with van der Waals surface area (Å²) in [5, 5.41) is 0. The molecular formula is C13H22ClNO. The maximum Gasteiger partial charge on any atom is 0.105 e. The van der Waals surface area contributed by atoms with E-state index in [1.165, 1.54) is 12.0 Å². The monoisotopic (exact) mass is 243 g/mol. The Morgan fingerprint density at radius 3 is 2.75 bits per heavy atom. The molecule has 0 aliphatic carbocycles. The van der Waals surface area contributed by atoms with Gasteiger partial charge in [0.1, 0.15) is 5.76 Å². The minimum Gasteiger partial charge on any atom is -0.469 e. The zero-order valence-electron chi connectivity index (χ0n) is 10.5. The molecule has 92 valence electrons. The SMILES string of the molecule is Cc1occc1CN(C)CCC(C)CCCl.